The molecule has 0 aliphatic rings. The highest BCUT2D eigenvalue weighted by atomic mass is 35.5. The van der Waals surface area contributed by atoms with Gasteiger partial charge in [-0.3, -0.25) is 10.1 Å². The first-order valence-corrected chi connectivity index (χ1v) is 12.3. The quantitative estimate of drug-likeness (QED) is 0.236. The molecular weight excluding hydrogens is 511 g/mol. The van der Waals surface area contributed by atoms with E-state index in [4.69, 9.17) is 39.5 Å². The minimum atomic E-state index is -0.259. The molecule has 0 bridgehead atoms. The number of hydrogen-bond acceptors (Lipinski definition) is 4. The molecule has 1 N–H and O–H groups in total. The number of amides is 1. The average molecular weight is 530 g/mol. The molecule has 0 unspecified atom stereocenters. The Kier molecular flexibility index (Phi) is 8.25. The molecule has 0 fully saturated rings. The lowest BCUT2D eigenvalue weighted by molar-refractivity contribution is -0.111. The molecule has 1 heterocycles. The van der Waals surface area contributed by atoms with E-state index in [1.54, 1.807) is 18.3 Å². The standard InChI is InChI=1S/C26H19Cl3N2O2S/c27-20-9-4-18(5-10-20)16-33-21-11-6-17(7-12-21)8-13-24(32)31-26-30-15-22(34-26)14-19-2-1-3-23(28)25(19)29/h1-13,15H,14,16H2,(H,30,31,32)/b13-8+. The van der Waals surface area contributed by atoms with Crippen LogP contribution in [0.4, 0.5) is 5.13 Å². The maximum Gasteiger partial charge on any atom is 0.250 e. The molecule has 0 radical (unpaired) electrons. The summed E-state index contributed by atoms with van der Waals surface area (Å²) in [5.41, 5.74) is 2.83. The molecule has 4 rings (SSSR count). The maximum absolute atomic E-state index is 12.3. The van der Waals surface area contributed by atoms with Gasteiger partial charge in [0.05, 0.1) is 10.0 Å². The van der Waals surface area contributed by atoms with Gasteiger partial charge in [-0.1, -0.05) is 71.2 Å². The fourth-order valence-electron chi connectivity index (χ4n) is 3.06. The molecule has 0 saturated heterocycles. The number of nitrogens with one attached hydrogen (secondary N) is 1. The van der Waals surface area contributed by atoms with Crippen molar-refractivity contribution in [3.8, 4) is 5.75 Å². The van der Waals surface area contributed by atoms with Crippen molar-refractivity contribution < 1.29 is 9.53 Å². The second-order valence-electron chi connectivity index (χ2n) is 7.33. The van der Waals surface area contributed by atoms with Gasteiger partial charge < -0.3 is 4.74 Å². The molecule has 3 aromatic carbocycles. The summed E-state index contributed by atoms with van der Waals surface area (Å²) in [4.78, 5) is 17.5. The number of halogens is 3. The van der Waals surface area contributed by atoms with Crippen molar-refractivity contribution in [2.75, 3.05) is 5.32 Å². The molecular formula is C26H19Cl3N2O2S. The summed E-state index contributed by atoms with van der Waals surface area (Å²) >= 11 is 19.6. The normalized spacial score (nSPS) is 11.0. The van der Waals surface area contributed by atoms with Gasteiger partial charge >= 0.3 is 0 Å². The highest BCUT2D eigenvalue weighted by Crippen LogP contribution is 2.29. The number of carbonyl (C=O) groups is 1. The minimum Gasteiger partial charge on any atom is -0.489 e. The third-order valence-corrected chi connectivity index (χ3v) is 6.83. The van der Waals surface area contributed by atoms with Crippen molar-refractivity contribution in [3.63, 3.8) is 0 Å². The van der Waals surface area contributed by atoms with Crippen LogP contribution in [-0.4, -0.2) is 10.9 Å². The Bertz CT molecular complexity index is 1300. The van der Waals surface area contributed by atoms with E-state index in [-0.39, 0.29) is 5.91 Å². The lowest BCUT2D eigenvalue weighted by Gasteiger charge is -2.06. The van der Waals surface area contributed by atoms with Crippen LogP contribution < -0.4 is 10.1 Å². The molecule has 0 atom stereocenters. The van der Waals surface area contributed by atoms with Crippen LogP contribution in [0.2, 0.25) is 15.1 Å². The van der Waals surface area contributed by atoms with Crippen LogP contribution in [0.1, 0.15) is 21.6 Å². The summed E-state index contributed by atoms with van der Waals surface area (Å²) in [5.74, 6) is 0.483. The van der Waals surface area contributed by atoms with Gasteiger partial charge in [-0.15, -0.1) is 11.3 Å². The number of carbonyl (C=O) groups excluding carboxylic acids is 1. The third kappa shape index (κ3) is 6.84. The highest BCUT2D eigenvalue weighted by molar-refractivity contribution is 7.15. The van der Waals surface area contributed by atoms with Crippen molar-refractivity contribution >= 4 is 63.3 Å². The third-order valence-electron chi connectivity index (χ3n) is 4.81. The molecule has 0 aliphatic carbocycles. The van der Waals surface area contributed by atoms with Crippen LogP contribution in [0.15, 0.2) is 79.0 Å². The monoisotopic (exact) mass is 528 g/mol. The van der Waals surface area contributed by atoms with E-state index in [9.17, 15) is 4.79 Å². The van der Waals surface area contributed by atoms with E-state index in [0.29, 0.717) is 33.2 Å². The number of thiazole rings is 1. The fourth-order valence-corrected chi connectivity index (χ4v) is 4.41. The number of hydrogen-bond donors (Lipinski definition) is 1. The molecule has 0 saturated carbocycles. The molecule has 172 valence electrons. The van der Waals surface area contributed by atoms with E-state index in [2.05, 4.69) is 10.3 Å². The molecule has 4 aromatic rings. The molecule has 34 heavy (non-hydrogen) atoms. The van der Waals surface area contributed by atoms with Crippen molar-refractivity contribution in [3.05, 3.63) is 116 Å². The lowest BCUT2D eigenvalue weighted by Crippen LogP contribution is -2.07. The largest absolute Gasteiger partial charge is 0.489 e. The first-order chi connectivity index (χ1) is 16.5. The second kappa shape index (κ2) is 11.5. The lowest BCUT2D eigenvalue weighted by atomic mass is 10.1. The van der Waals surface area contributed by atoms with Gasteiger partial charge in [0.15, 0.2) is 5.13 Å². The SMILES string of the molecule is O=C(/C=C/c1ccc(OCc2ccc(Cl)cc2)cc1)Nc1ncc(Cc2cccc(Cl)c2Cl)s1. The number of ether oxygens (including phenoxy) is 1. The Hall–Kier alpha value is -2.83. The van der Waals surface area contributed by atoms with Crippen LogP contribution >= 0.6 is 46.1 Å². The smallest absolute Gasteiger partial charge is 0.250 e. The van der Waals surface area contributed by atoms with Gasteiger partial charge in [0.2, 0.25) is 5.91 Å². The van der Waals surface area contributed by atoms with Gasteiger partial charge in [0.1, 0.15) is 12.4 Å². The van der Waals surface area contributed by atoms with Crippen LogP contribution in [0.3, 0.4) is 0 Å². The van der Waals surface area contributed by atoms with Crippen LogP contribution in [0, 0.1) is 0 Å². The summed E-state index contributed by atoms with van der Waals surface area (Å²) in [7, 11) is 0. The van der Waals surface area contributed by atoms with Gasteiger partial charge in [-0.05, 0) is 53.1 Å². The summed E-state index contributed by atoms with van der Waals surface area (Å²) in [6.07, 6.45) is 5.52. The number of nitrogens with zero attached hydrogens (tertiary/aromatic N) is 1. The first kappa shape index (κ1) is 24.3. The van der Waals surface area contributed by atoms with E-state index < -0.39 is 0 Å². The van der Waals surface area contributed by atoms with Crippen LogP contribution in [0.25, 0.3) is 6.08 Å². The van der Waals surface area contributed by atoms with E-state index in [1.165, 1.54) is 17.4 Å². The average Bonchev–Trinajstić information content (AvgIpc) is 3.27. The zero-order chi connectivity index (χ0) is 23.9. The molecule has 1 aromatic heterocycles. The summed E-state index contributed by atoms with van der Waals surface area (Å²) < 4.78 is 5.78. The predicted octanol–water partition coefficient (Wildman–Crippen LogP) is 7.93. The number of rotatable bonds is 8. The maximum atomic E-state index is 12.3. The van der Waals surface area contributed by atoms with E-state index in [0.717, 1.165) is 27.3 Å². The zero-order valence-electron chi connectivity index (χ0n) is 17.8. The van der Waals surface area contributed by atoms with Gasteiger partial charge in [0, 0.05) is 28.6 Å². The van der Waals surface area contributed by atoms with E-state index in [1.807, 2.05) is 60.7 Å². The number of anilines is 1. The number of aromatic nitrogens is 1. The summed E-state index contributed by atoms with van der Waals surface area (Å²) in [5, 5.41) is 5.06. The second-order valence-corrected chi connectivity index (χ2v) is 9.67. The van der Waals surface area contributed by atoms with Gasteiger partial charge in [0.25, 0.3) is 0 Å². The van der Waals surface area contributed by atoms with Crippen molar-refractivity contribution in [2.45, 2.75) is 13.0 Å². The van der Waals surface area contributed by atoms with Crippen molar-refractivity contribution in [1.82, 2.24) is 4.98 Å². The van der Waals surface area contributed by atoms with Crippen LogP contribution in [0.5, 0.6) is 5.75 Å². The molecule has 0 spiro atoms. The molecule has 8 heteroatoms. The predicted molar refractivity (Wildman–Crippen MR) is 141 cm³/mol. The topological polar surface area (TPSA) is 51.2 Å². The highest BCUT2D eigenvalue weighted by Gasteiger charge is 2.09. The summed E-state index contributed by atoms with van der Waals surface area (Å²) in [6, 6.07) is 20.5. The Labute approximate surface area is 216 Å². The Morgan fingerprint density at radius 2 is 1.76 bits per heavy atom. The Morgan fingerprint density at radius 1 is 1.00 bits per heavy atom. The van der Waals surface area contributed by atoms with Gasteiger partial charge in [-0.2, -0.15) is 0 Å². The molecule has 4 nitrogen and oxygen atoms in total. The van der Waals surface area contributed by atoms with Crippen molar-refractivity contribution in [1.29, 1.82) is 0 Å². The van der Waals surface area contributed by atoms with Gasteiger partial charge in [-0.25, -0.2) is 4.98 Å². The Balaban J connectivity index is 1.28. The summed E-state index contributed by atoms with van der Waals surface area (Å²) in [6.45, 7) is 0.452. The minimum absolute atomic E-state index is 0.259. The molecule has 1 amide bonds. The van der Waals surface area contributed by atoms with Crippen molar-refractivity contribution in [2.24, 2.45) is 0 Å². The molecule has 0 aliphatic heterocycles. The fraction of sp³-hybridized carbons (Fsp3) is 0.0769. The van der Waals surface area contributed by atoms with Crippen LogP contribution in [-0.2, 0) is 17.8 Å². The zero-order valence-corrected chi connectivity index (χ0v) is 20.9. The van der Waals surface area contributed by atoms with E-state index >= 15 is 0 Å². The Morgan fingerprint density at radius 3 is 2.53 bits per heavy atom. The first-order valence-electron chi connectivity index (χ1n) is 10.3. The number of benzene rings is 3.